The first-order valence-corrected chi connectivity index (χ1v) is 9.98. The molecule has 3 aromatic rings. The summed E-state index contributed by atoms with van der Waals surface area (Å²) in [6.07, 6.45) is 0.760. The van der Waals surface area contributed by atoms with Crippen molar-refractivity contribution in [2.24, 2.45) is 16.1 Å². The monoisotopic (exact) mass is 380 g/mol. The summed E-state index contributed by atoms with van der Waals surface area (Å²) in [5.41, 5.74) is 7.78. The van der Waals surface area contributed by atoms with Crippen LogP contribution in [0.3, 0.4) is 0 Å². The average Bonchev–Trinajstić information content (AvgIpc) is 2.97. The van der Waals surface area contributed by atoms with Gasteiger partial charge in [-0.2, -0.15) is 0 Å². The van der Waals surface area contributed by atoms with E-state index in [2.05, 4.69) is 17.9 Å². The highest BCUT2D eigenvalue weighted by Gasteiger charge is 2.20. The van der Waals surface area contributed by atoms with Crippen LogP contribution in [-0.4, -0.2) is 5.84 Å². The van der Waals surface area contributed by atoms with Gasteiger partial charge in [-0.25, -0.2) is 4.39 Å². The van der Waals surface area contributed by atoms with Crippen LogP contribution in [0.1, 0.15) is 58.2 Å². The van der Waals surface area contributed by atoms with Crippen molar-refractivity contribution >= 4 is 37.3 Å². The zero-order chi connectivity index (χ0) is 19.8. The van der Waals surface area contributed by atoms with E-state index in [9.17, 15) is 4.39 Å². The molecule has 0 radical (unpaired) electrons. The zero-order valence-corrected chi connectivity index (χ0v) is 17.3. The molecule has 27 heavy (non-hydrogen) atoms. The van der Waals surface area contributed by atoms with E-state index in [-0.39, 0.29) is 17.3 Å². The Bertz CT molecular complexity index is 1090. The minimum atomic E-state index is -0.209. The summed E-state index contributed by atoms with van der Waals surface area (Å²) in [6, 6.07) is 9.56. The van der Waals surface area contributed by atoms with E-state index in [0.717, 1.165) is 33.0 Å². The molecule has 1 unspecified atom stereocenters. The van der Waals surface area contributed by atoms with Gasteiger partial charge in [0.25, 0.3) is 0 Å². The molecule has 2 nitrogen and oxygen atoms in total. The summed E-state index contributed by atoms with van der Waals surface area (Å²) in [5, 5.41) is 1.96. The van der Waals surface area contributed by atoms with E-state index in [1.807, 2.05) is 52.8 Å². The molecule has 0 aliphatic carbocycles. The van der Waals surface area contributed by atoms with Crippen molar-refractivity contribution in [3.63, 3.8) is 0 Å². The molecule has 0 aliphatic heterocycles. The molecule has 0 saturated heterocycles. The van der Waals surface area contributed by atoms with Gasteiger partial charge in [-0.05, 0) is 49.2 Å². The Hall–Kier alpha value is -2.38. The number of rotatable bonds is 3. The van der Waals surface area contributed by atoms with Gasteiger partial charge in [-0.1, -0.05) is 33.6 Å². The second-order valence-corrected chi connectivity index (χ2v) is 8.81. The summed E-state index contributed by atoms with van der Waals surface area (Å²) in [6.45, 7) is 9.96. The number of hydrogen-bond donors (Lipinski definition) is 1. The Morgan fingerprint density at radius 2 is 1.96 bits per heavy atom. The van der Waals surface area contributed by atoms with Gasteiger partial charge in [0.1, 0.15) is 5.82 Å². The Morgan fingerprint density at radius 3 is 2.59 bits per heavy atom. The van der Waals surface area contributed by atoms with Crippen molar-refractivity contribution in [2.75, 3.05) is 0 Å². The first kappa shape index (κ1) is 19.4. The molecule has 0 fully saturated rings. The topological polar surface area (TPSA) is 38.4 Å². The van der Waals surface area contributed by atoms with Crippen LogP contribution in [0.5, 0.6) is 0 Å². The molecule has 0 bridgehead atoms. The number of fused-ring (bicyclic) bond motifs is 3. The summed E-state index contributed by atoms with van der Waals surface area (Å²) >= 11 is 1.48. The van der Waals surface area contributed by atoms with Crippen LogP contribution in [0.4, 0.5) is 4.39 Å². The highest BCUT2D eigenvalue weighted by Crippen LogP contribution is 2.38. The first-order valence-electron chi connectivity index (χ1n) is 9.16. The van der Waals surface area contributed by atoms with E-state index >= 15 is 0 Å². The molecule has 4 heteroatoms. The van der Waals surface area contributed by atoms with E-state index in [4.69, 9.17) is 10.7 Å². The predicted molar refractivity (Wildman–Crippen MR) is 116 cm³/mol. The number of nitrogens with zero attached hydrogens (tertiary/aromatic N) is 1. The molecule has 3 rings (SSSR count). The van der Waals surface area contributed by atoms with Crippen LogP contribution >= 0.6 is 11.3 Å². The zero-order valence-electron chi connectivity index (χ0n) is 16.5. The molecule has 0 spiro atoms. The minimum Gasteiger partial charge on any atom is -0.387 e. The Labute approximate surface area is 164 Å². The number of benzene rings is 2. The number of hydrogen-bond acceptors (Lipinski definition) is 2. The molecule has 2 aromatic carbocycles. The average molecular weight is 381 g/mol. The molecular formula is C23H25FN2S. The van der Waals surface area contributed by atoms with E-state index in [1.54, 1.807) is 6.07 Å². The normalized spacial score (nSPS) is 13.6. The van der Waals surface area contributed by atoms with Crippen molar-refractivity contribution in [2.45, 2.75) is 47.1 Å². The molecule has 0 saturated carbocycles. The van der Waals surface area contributed by atoms with Crippen molar-refractivity contribution in [1.82, 2.24) is 0 Å². The SMILES string of the molecule is CC#Cc1ccc2sc3c(F)cc(C(CC)N=C(N)C(C)(C)C)cc3c2c1. The Balaban J connectivity index is 2.20. The maximum absolute atomic E-state index is 14.9. The Kier molecular flexibility index (Phi) is 5.26. The molecule has 0 aliphatic rings. The van der Waals surface area contributed by atoms with Gasteiger partial charge in [0.2, 0.25) is 0 Å². The van der Waals surface area contributed by atoms with Crippen LogP contribution in [-0.2, 0) is 0 Å². The maximum Gasteiger partial charge on any atom is 0.141 e. The summed E-state index contributed by atoms with van der Waals surface area (Å²) in [5.74, 6) is 6.39. The van der Waals surface area contributed by atoms with Gasteiger partial charge in [-0.15, -0.1) is 17.3 Å². The van der Waals surface area contributed by atoms with E-state index in [0.29, 0.717) is 10.5 Å². The molecule has 2 N–H and O–H groups in total. The van der Waals surface area contributed by atoms with Gasteiger partial charge in [0.05, 0.1) is 16.6 Å². The fourth-order valence-electron chi connectivity index (χ4n) is 3.04. The van der Waals surface area contributed by atoms with E-state index < -0.39 is 0 Å². The Morgan fingerprint density at radius 1 is 1.22 bits per heavy atom. The summed E-state index contributed by atoms with van der Waals surface area (Å²) in [7, 11) is 0. The van der Waals surface area contributed by atoms with Crippen LogP contribution in [0.2, 0.25) is 0 Å². The predicted octanol–water partition coefficient (Wildman–Crippen LogP) is 6.42. The third-order valence-electron chi connectivity index (χ3n) is 4.65. The molecule has 1 heterocycles. The van der Waals surface area contributed by atoms with E-state index in [1.165, 1.54) is 11.3 Å². The van der Waals surface area contributed by atoms with Crippen molar-refractivity contribution in [3.8, 4) is 11.8 Å². The number of amidine groups is 1. The minimum absolute atomic E-state index is 0.156. The summed E-state index contributed by atoms with van der Waals surface area (Å²) < 4.78 is 16.6. The quantitative estimate of drug-likeness (QED) is 0.318. The summed E-state index contributed by atoms with van der Waals surface area (Å²) in [4.78, 5) is 4.70. The van der Waals surface area contributed by atoms with Gasteiger partial charge >= 0.3 is 0 Å². The van der Waals surface area contributed by atoms with Crippen LogP contribution in [0.15, 0.2) is 35.3 Å². The van der Waals surface area contributed by atoms with Crippen molar-refractivity contribution in [1.29, 1.82) is 0 Å². The van der Waals surface area contributed by atoms with Crippen molar-refractivity contribution < 1.29 is 4.39 Å². The fraction of sp³-hybridized carbons (Fsp3) is 0.348. The van der Waals surface area contributed by atoms with Gasteiger partial charge in [0, 0.05) is 26.5 Å². The van der Waals surface area contributed by atoms with Gasteiger partial charge in [-0.3, -0.25) is 4.99 Å². The third-order valence-corrected chi connectivity index (χ3v) is 5.85. The lowest BCUT2D eigenvalue weighted by Crippen LogP contribution is -2.29. The third kappa shape index (κ3) is 3.84. The van der Waals surface area contributed by atoms with Gasteiger partial charge in [0.15, 0.2) is 0 Å². The lowest BCUT2D eigenvalue weighted by atomic mass is 9.94. The van der Waals surface area contributed by atoms with Crippen LogP contribution in [0, 0.1) is 23.1 Å². The second-order valence-electron chi connectivity index (χ2n) is 7.76. The molecule has 0 amide bonds. The van der Waals surface area contributed by atoms with Crippen molar-refractivity contribution in [3.05, 3.63) is 47.3 Å². The number of thiophene rings is 1. The standard InChI is InChI=1S/C23H25FN2S/c1-6-8-14-9-10-20-16(11-14)17-12-15(13-18(24)21(17)27-20)19(7-2)26-22(25)23(3,4)5/h9-13,19H,7H2,1-5H3,(H2,25,26). The lowest BCUT2D eigenvalue weighted by molar-refractivity contribution is 0.568. The highest BCUT2D eigenvalue weighted by molar-refractivity contribution is 7.25. The smallest absolute Gasteiger partial charge is 0.141 e. The number of nitrogens with two attached hydrogens (primary N) is 1. The second kappa shape index (κ2) is 7.32. The maximum atomic E-state index is 14.9. The van der Waals surface area contributed by atoms with Crippen LogP contribution < -0.4 is 5.73 Å². The molecular weight excluding hydrogens is 355 g/mol. The fourth-order valence-corrected chi connectivity index (χ4v) is 4.11. The molecule has 1 atom stereocenters. The largest absolute Gasteiger partial charge is 0.387 e. The lowest BCUT2D eigenvalue weighted by Gasteiger charge is -2.21. The van der Waals surface area contributed by atoms with Gasteiger partial charge < -0.3 is 5.73 Å². The number of halogens is 1. The first-order chi connectivity index (χ1) is 12.7. The highest BCUT2D eigenvalue weighted by atomic mass is 32.1. The number of aliphatic imine (C=N–C) groups is 1. The van der Waals surface area contributed by atoms with Crippen LogP contribution in [0.25, 0.3) is 20.2 Å². The molecule has 1 aromatic heterocycles. The molecule has 140 valence electrons.